The van der Waals surface area contributed by atoms with Crippen LogP contribution >= 0.6 is 0 Å². The summed E-state index contributed by atoms with van der Waals surface area (Å²) in [6, 6.07) is 0. The first-order valence-corrected chi connectivity index (χ1v) is 4.31. The fourth-order valence-electron chi connectivity index (χ4n) is 1.31. The Morgan fingerprint density at radius 2 is 2.31 bits per heavy atom. The van der Waals surface area contributed by atoms with Crippen molar-refractivity contribution in [3.8, 4) is 0 Å². The summed E-state index contributed by atoms with van der Waals surface area (Å²) < 4.78 is 10.2. The van der Waals surface area contributed by atoms with Crippen LogP contribution < -0.4 is 0 Å². The van der Waals surface area contributed by atoms with E-state index in [1.165, 1.54) is 0 Å². The van der Waals surface area contributed by atoms with Crippen LogP contribution in [0.2, 0.25) is 0 Å². The second-order valence-electron chi connectivity index (χ2n) is 2.97. The Balaban J connectivity index is 2.47. The number of aliphatic hydroxyl groups excluding tert-OH is 1. The van der Waals surface area contributed by atoms with E-state index in [0.717, 1.165) is 0 Å². The average molecular weight is 190 g/mol. The number of aliphatic hydroxyl groups is 1. The molecule has 1 aliphatic rings. The van der Waals surface area contributed by atoms with Gasteiger partial charge in [0.1, 0.15) is 0 Å². The third-order valence-corrected chi connectivity index (χ3v) is 1.89. The molecule has 76 valence electrons. The Bertz CT molecular complexity index is 181. The highest BCUT2D eigenvalue weighted by atomic mass is 16.7. The lowest BCUT2D eigenvalue weighted by Gasteiger charge is -2.30. The lowest BCUT2D eigenvalue weighted by atomic mass is 10.1. The van der Waals surface area contributed by atoms with E-state index in [-0.39, 0.29) is 6.42 Å². The minimum absolute atomic E-state index is 0.138. The molecule has 1 rings (SSSR count). The van der Waals surface area contributed by atoms with Crippen LogP contribution in [0.15, 0.2) is 0 Å². The largest absolute Gasteiger partial charge is 0.479 e. The van der Waals surface area contributed by atoms with Crippen molar-refractivity contribution in [2.24, 2.45) is 0 Å². The number of aliphatic carboxylic acids is 1. The SMILES string of the molecule is CCO[C@H]1C[C@@H](O)C[C@@H](C(=O)O)O1. The van der Waals surface area contributed by atoms with Crippen molar-refractivity contribution in [1.82, 2.24) is 0 Å². The molecule has 0 aromatic carbocycles. The quantitative estimate of drug-likeness (QED) is 0.653. The van der Waals surface area contributed by atoms with Crippen LogP contribution in [0.4, 0.5) is 0 Å². The molecule has 1 saturated heterocycles. The van der Waals surface area contributed by atoms with Crippen molar-refractivity contribution in [1.29, 1.82) is 0 Å². The first kappa shape index (κ1) is 10.4. The van der Waals surface area contributed by atoms with Gasteiger partial charge in [-0.25, -0.2) is 4.79 Å². The van der Waals surface area contributed by atoms with E-state index in [1.54, 1.807) is 6.92 Å². The molecule has 5 heteroatoms. The van der Waals surface area contributed by atoms with Crippen molar-refractivity contribution in [3.05, 3.63) is 0 Å². The fraction of sp³-hybridized carbons (Fsp3) is 0.875. The summed E-state index contributed by atoms with van der Waals surface area (Å²) in [7, 11) is 0. The minimum Gasteiger partial charge on any atom is -0.479 e. The van der Waals surface area contributed by atoms with Crippen molar-refractivity contribution in [2.45, 2.75) is 38.3 Å². The molecule has 0 aromatic heterocycles. The zero-order chi connectivity index (χ0) is 9.84. The Morgan fingerprint density at radius 1 is 1.62 bits per heavy atom. The van der Waals surface area contributed by atoms with Gasteiger partial charge in [0.2, 0.25) is 0 Å². The van der Waals surface area contributed by atoms with Gasteiger partial charge in [0.05, 0.1) is 6.10 Å². The summed E-state index contributed by atoms with van der Waals surface area (Å²) in [6.45, 7) is 2.24. The maximum Gasteiger partial charge on any atom is 0.333 e. The Hall–Kier alpha value is -0.650. The molecule has 0 amide bonds. The van der Waals surface area contributed by atoms with E-state index in [9.17, 15) is 9.90 Å². The summed E-state index contributed by atoms with van der Waals surface area (Å²) in [6.07, 6.45) is -1.70. The highest BCUT2D eigenvalue weighted by Crippen LogP contribution is 2.20. The molecular weight excluding hydrogens is 176 g/mol. The molecule has 3 atom stereocenters. The molecule has 0 aliphatic carbocycles. The second-order valence-corrected chi connectivity index (χ2v) is 2.97. The standard InChI is InChI=1S/C8H14O5/c1-2-12-7-4-5(9)3-6(13-7)8(10)11/h5-7,9H,2-4H2,1H3,(H,10,11)/t5-,6-,7+/m0/s1. The molecule has 0 aromatic rings. The van der Waals surface area contributed by atoms with Gasteiger partial charge in [-0.15, -0.1) is 0 Å². The highest BCUT2D eigenvalue weighted by Gasteiger charge is 2.32. The molecule has 0 radical (unpaired) electrons. The van der Waals surface area contributed by atoms with E-state index in [4.69, 9.17) is 14.6 Å². The normalized spacial score (nSPS) is 34.5. The van der Waals surface area contributed by atoms with Gasteiger partial charge in [0, 0.05) is 19.4 Å². The molecule has 0 saturated carbocycles. The summed E-state index contributed by atoms with van der Waals surface area (Å²) >= 11 is 0. The van der Waals surface area contributed by atoms with Gasteiger partial charge in [-0.2, -0.15) is 0 Å². The van der Waals surface area contributed by atoms with Crippen molar-refractivity contribution in [3.63, 3.8) is 0 Å². The summed E-state index contributed by atoms with van der Waals surface area (Å²) in [5, 5.41) is 18.0. The Kier molecular flexibility index (Phi) is 3.65. The van der Waals surface area contributed by atoms with E-state index in [2.05, 4.69) is 0 Å². The van der Waals surface area contributed by atoms with Gasteiger partial charge < -0.3 is 19.7 Å². The van der Waals surface area contributed by atoms with Crippen LogP contribution in [-0.4, -0.2) is 41.3 Å². The number of carboxylic acid groups (broad SMARTS) is 1. The number of rotatable bonds is 3. The number of hydrogen-bond donors (Lipinski definition) is 2. The summed E-state index contributed by atoms with van der Waals surface area (Å²) in [4.78, 5) is 10.6. The first-order valence-electron chi connectivity index (χ1n) is 4.31. The van der Waals surface area contributed by atoms with E-state index >= 15 is 0 Å². The smallest absolute Gasteiger partial charge is 0.333 e. The average Bonchev–Trinajstić information content (AvgIpc) is 2.03. The molecule has 2 N–H and O–H groups in total. The van der Waals surface area contributed by atoms with Crippen LogP contribution in [0.1, 0.15) is 19.8 Å². The van der Waals surface area contributed by atoms with Crippen LogP contribution in [0, 0.1) is 0 Å². The molecule has 1 aliphatic heterocycles. The van der Waals surface area contributed by atoms with Crippen LogP contribution in [-0.2, 0) is 14.3 Å². The van der Waals surface area contributed by atoms with Gasteiger partial charge in [0.15, 0.2) is 12.4 Å². The third kappa shape index (κ3) is 2.95. The van der Waals surface area contributed by atoms with E-state index < -0.39 is 24.5 Å². The maximum absolute atomic E-state index is 10.6. The van der Waals surface area contributed by atoms with Crippen molar-refractivity contribution >= 4 is 5.97 Å². The lowest BCUT2D eigenvalue weighted by molar-refractivity contribution is -0.220. The van der Waals surface area contributed by atoms with Gasteiger partial charge in [-0.05, 0) is 6.92 Å². The molecular formula is C8H14O5. The van der Waals surface area contributed by atoms with Crippen LogP contribution in [0.5, 0.6) is 0 Å². The molecule has 5 nitrogen and oxygen atoms in total. The van der Waals surface area contributed by atoms with Gasteiger partial charge in [0.25, 0.3) is 0 Å². The third-order valence-electron chi connectivity index (χ3n) is 1.89. The molecule has 1 fully saturated rings. The minimum atomic E-state index is -1.05. The lowest BCUT2D eigenvalue weighted by Crippen LogP contribution is -2.41. The van der Waals surface area contributed by atoms with Crippen LogP contribution in [0.25, 0.3) is 0 Å². The molecule has 0 bridgehead atoms. The fourth-order valence-corrected chi connectivity index (χ4v) is 1.31. The van der Waals surface area contributed by atoms with Crippen LogP contribution in [0.3, 0.4) is 0 Å². The Morgan fingerprint density at radius 3 is 2.85 bits per heavy atom. The van der Waals surface area contributed by atoms with Crippen molar-refractivity contribution in [2.75, 3.05) is 6.61 Å². The van der Waals surface area contributed by atoms with Gasteiger partial charge in [-0.1, -0.05) is 0 Å². The van der Waals surface area contributed by atoms with Gasteiger partial charge in [-0.3, -0.25) is 0 Å². The van der Waals surface area contributed by atoms with E-state index in [1.807, 2.05) is 0 Å². The second kappa shape index (κ2) is 4.55. The molecule has 13 heavy (non-hydrogen) atoms. The predicted octanol–water partition coefficient (Wildman–Crippen LogP) is -0.0265. The molecule has 1 heterocycles. The van der Waals surface area contributed by atoms with Gasteiger partial charge >= 0.3 is 5.97 Å². The first-order chi connectivity index (χ1) is 6.13. The predicted molar refractivity (Wildman–Crippen MR) is 43.2 cm³/mol. The number of carbonyl (C=O) groups is 1. The Labute approximate surface area is 76.3 Å². The zero-order valence-electron chi connectivity index (χ0n) is 7.47. The zero-order valence-corrected chi connectivity index (χ0v) is 7.47. The summed E-state index contributed by atoms with van der Waals surface area (Å²) in [5.41, 5.74) is 0. The monoisotopic (exact) mass is 190 g/mol. The number of carboxylic acids is 1. The topological polar surface area (TPSA) is 76.0 Å². The van der Waals surface area contributed by atoms with Crippen molar-refractivity contribution < 1.29 is 24.5 Å². The number of hydrogen-bond acceptors (Lipinski definition) is 4. The number of ether oxygens (including phenoxy) is 2. The highest BCUT2D eigenvalue weighted by molar-refractivity contribution is 5.72. The maximum atomic E-state index is 10.6. The summed E-state index contributed by atoms with van der Waals surface area (Å²) in [5.74, 6) is -1.05. The molecule has 0 unspecified atom stereocenters. The molecule has 0 spiro atoms. The van der Waals surface area contributed by atoms with E-state index in [0.29, 0.717) is 13.0 Å².